The average Bonchev–Trinajstić information content (AvgIpc) is 3.25. The summed E-state index contributed by atoms with van der Waals surface area (Å²) in [6, 6.07) is 8.14. The summed E-state index contributed by atoms with van der Waals surface area (Å²) in [4.78, 5) is 35.5. The maximum Gasteiger partial charge on any atom is 0.291 e. The maximum atomic E-state index is 13.1. The second kappa shape index (κ2) is 9.52. The number of carbonyl (C=O) groups excluding carboxylic acids is 2. The summed E-state index contributed by atoms with van der Waals surface area (Å²) in [5.74, 6) is 4.86. The van der Waals surface area contributed by atoms with Crippen molar-refractivity contribution in [1.82, 2.24) is 25.5 Å². The van der Waals surface area contributed by atoms with E-state index in [0.29, 0.717) is 23.7 Å². The molecule has 10 nitrogen and oxygen atoms in total. The van der Waals surface area contributed by atoms with Crippen molar-refractivity contribution in [2.24, 2.45) is 0 Å². The minimum Gasteiger partial charge on any atom is -0.487 e. The molecule has 35 heavy (non-hydrogen) atoms. The van der Waals surface area contributed by atoms with Crippen LogP contribution < -0.4 is 15.0 Å². The van der Waals surface area contributed by atoms with Gasteiger partial charge in [0.25, 0.3) is 11.8 Å². The van der Waals surface area contributed by atoms with Crippen LogP contribution in [0.2, 0.25) is 0 Å². The molecule has 0 saturated heterocycles. The van der Waals surface area contributed by atoms with Gasteiger partial charge in [-0.15, -0.1) is 5.10 Å². The molecule has 11 heteroatoms. The van der Waals surface area contributed by atoms with Gasteiger partial charge in [-0.1, -0.05) is 18.1 Å². The molecule has 0 radical (unpaired) electrons. The predicted molar refractivity (Wildman–Crippen MR) is 123 cm³/mol. The highest BCUT2D eigenvalue weighted by atomic mass is 19.1. The molecule has 0 fully saturated rings. The Morgan fingerprint density at radius 2 is 2.03 bits per heavy atom. The molecule has 1 aliphatic heterocycles. The van der Waals surface area contributed by atoms with Crippen LogP contribution in [0.15, 0.2) is 36.4 Å². The molecule has 0 spiro atoms. The standard InChI is InChI=1S/C24H23FN6O4/c1-24(2,34)11-10-16-8-9-18-21(26-16)31(3)23(33)17(13-35-18)27-22(32)20-28-19(29-30-20)12-14-4-6-15(25)7-5-14/h4-9,17,34H,12-13H2,1-3H3,(H,27,32)(H,28,29,30)/t17-/m0/s1. The minimum absolute atomic E-state index is 0.120. The fourth-order valence-corrected chi connectivity index (χ4v) is 3.26. The Hall–Kier alpha value is -4.30. The van der Waals surface area contributed by atoms with Crippen molar-refractivity contribution in [3.05, 3.63) is 65.1 Å². The molecule has 3 heterocycles. The lowest BCUT2D eigenvalue weighted by atomic mass is 10.1. The van der Waals surface area contributed by atoms with Crippen molar-refractivity contribution < 1.29 is 23.8 Å². The van der Waals surface area contributed by atoms with Gasteiger partial charge >= 0.3 is 0 Å². The third kappa shape index (κ3) is 5.80. The van der Waals surface area contributed by atoms with E-state index in [9.17, 15) is 19.1 Å². The largest absolute Gasteiger partial charge is 0.487 e. The number of halogens is 1. The first-order valence-corrected chi connectivity index (χ1v) is 10.7. The average molecular weight is 478 g/mol. The highest BCUT2D eigenvalue weighted by molar-refractivity contribution is 6.01. The van der Waals surface area contributed by atoms with Crippen LogP contribution in [0.4, 0.5) is 10.2 Å². The van der Waals surface area contributed by atoms with E-state index in [0.717, 1.165) is 5.56 Å². The van der Waals surface area contributed by atoms with E-state index in [1.807, 2.05) is 0 Å². The lowest BCUT2D eigenvalue weighted by Gasteiger charge is -2.19. The number of benzene rings is 1. The predicted octanol–water partition coefficient (Wildman–Crippen LogP) is 1.21. The van der Waals surface area contributed by atoms with E-state index < -0.39 is 23.5 Å². The zero-order valence-corrected chi connectivity index (χ0v) is 19.3. The van der Waals surface area contributed by atoms with E-state index in [4.69, 9.17) is 4.74 Å². The summed E-state index contributed by atoms with van der Waals surface area (Å²) >= 11 is 0. The van der Waals surface area contributed by atoms with Crippen LogP contribution in [0.5, 0.6) is 5.75 Å². The number of rotatable bonds is 4. The molecule has 1 aliphatic rings. The SMILES string of the molecule is CN1C(=O)[C@@H](NC(=O)c2n[nH]c(Cc3ccc(F)cc3)n2)COc2ccc(C#CC(C)(C)O)nc21. The van der Waals surface area contributed by atoms with Crippen molar-refractivity contribution in [3.8, 4) is 17.6 Å². The topological polar surface area (TPSA) is 133 Å². The number of nitrogens with zero attached hydrogens (tertiary/aromatic N) is 4. The Morgan fingerprint density at radius 3 is 2.74 bits per heavy atom. The van der Waals surface area contributed by atoms with Crippen LogP contribution in [0.1, 0.15) is 41.5 Å². The Morgan fingerprint density at radius 1 is 1.29 bits per heavy atom. The van der Waals surface area contributed by atoms with Crippen molar-refractivity contribution in [1.29, 1.82) is 0 Å². The molecule has 0 bridgehead atoms. The molecule has 0 aliphatic carbocycles. The Labute approximate surface area is 200 Å². The smallest absolute Gasteiger partial charge is 0.291 e. The number of hydrogen-bond acceptors (Lipinski definition) is 7. The van der Waals surface area contributed by atoms with Gasteiger partial charge in [-0.05, 0) is 49.6 Å². The first-order valence-electron chi connectivity index (χ1n) is 10.7. The number of nitrogens with one attached hydrogen (secondary N) is 2. The van der Waals surface area contributed by atoms with E-state index in [-0.39, 0.29) is 24.1 Å². The zero-order valence-electron chi connectivity index (χ0n) is 19.3. The fraction of sp³-hybridized carbons (Fsp3) is 0.292. The monoisotopic (exact) mass is 478 g/mol. The number of aliphatic hydroxyl groups is 1. The molecule has 180 valence electrons. The summed E-state index contributed by atoms with van der Waals surface area (Å²) in [5.41, 5.74) is -0.0484. The Kier molecular flexibility index (Phi) is 6.48. The summed E-state index contributed by atoms with van der Waals surface area (Å²) in [6.45, 7) is 2.98. The molecule has 2 amide bonds. The number of aromatic amines is 1. The first-order chi connectivity index (χ1) is 16.6. The molecule has 4 rings (SSSR count). The number of H-pyrrole nitrogens is 1. The molecule has 3 aromatic rings. The number of amides is 2. The minimum atomic E-state index is -1.19. The van der Waals surface area contributed by atoms with Crippen molar-refractivity contribution >= 4 is 17.6 Å². The number of ether oxygens (including phenoxy) is 1. The van der Waals surface area contributed by atoms with Gasteiger partial charge in [0, 0.05) is 13.5 Å². The van der Waals surface area contributed by atoms with Crippen LogP contribution in [-0.4, -0.2) is 62.4 Å². The quantitative estimate of drug-likeness (QED) is 0.480. The second-order valence-electron chi connectivity index (χ2n) is 8.47. The van der Waals surface area contributed by atoms with Crippen LogP contribution in [0.3, 0.4) is 0 Å². The van der Waals surface area contributed by atoms with Crippen molar-refractivity contribution in [3.63, 3.8) is 0 Å². The maximum absolute atomic E-state index is 13.1. The lowest BCUT2D eigenvalue weighted by molar-refractivity contribution is -0.120. The molecule has 2 aromatic heterocycles. The number of aromatic nitrogens is 4. The van der Waals surface area contributed by atoms with E-state index in [1.54, 1.807) is 38.1 Å². The third-order valence-electron chi connectivity index (χ3n) is 5.01. The van der Waals surface area contributed by atoms with Crippen LogP contribution in [-0.2, 0) is 11.2 Å². The fourth-order valence-electron chi connectivity index (χ4n) is 3.26. The van der Waals surface area contributed by atoms with Gasteiger partial charge in [-0.3, -0.25) is 19.6 Å². The molecule has 1 aromatic carbocycles. The van der Waals surface area contributed by atoms with Crippen LogP contribution in [0.25, 0.3) is 0 Å². The second-order valence-corrected chi connectivity index (χ2v) is 8.47. The van der Waals surface area contributed by atoms with Gasteiger partial charge in [0.1, 0.15) is 35.6 Å². The lowest BCUT2D eigenvalue weighted by Crippen LogP contribution is -2.49. The summed E-state index contributed by atoms with van der Waals surface area (Å²) in [5, 5.41) is 19.0. The van der Waals surface area contributed by atoms with Crippen LogP contribution in [0, 0.1) is 17.7 Å². The summed E-state index contributed by atoms with van der Waals surface area (Å²) in [7, 11) is 1.52. The molecular weight excluding hydrogens is 455 g/mol. The van der Waals surface area contributed by atoms with Gasteiger partial charge in [0.15, 0.2) is 11.6 Å². The van der Waals surface area contributed by atoms with Gasteiger partial charge in [0.2, 0.25) is 5.82 Å². The first kappa shape index (κ1) is 23.8. The molecule has 0 unspecified atom stereocenters. The van der Waals surface area contributed by atoms with Crippen molar-refractivity contribution in [2.45, 2.75) is 31.9 Å². The van der Waals surface area contributed by atoms with E-state index in [1.165, 1.54) is 24.1 Å². The van der Waals surface area contributed by atoms with Gasteiger partial charge in [-0.25, -0.2) is 14.4 Å². The zero-order chi connectivity index (χ0) is 25.2. The van der Waals surface area contributed by atoms with Crippen LogP contribution >= 0.6 is 0 Å². The molecular formula is C24H23FN6O4. The summed E-state index contributed by atoms with van der Waals surface area (Å²) in [6.07, 6.45) is 0.328. The van der Waals surface area contributed by atoms with E-state index >= 15 is 0 Å². The molecule has 0 saturated carbocycles. The number of hydrogen-bond donors (Lipinski definition) is 3. The number of anilines is 1. The summed E-state index contributed by atoms with van der Waals surface area (Å²) < 4.78 is 18.8. The van der Waals surface area contributed by atoms with Crippen molar-refractivity contribution in [2.75, 3.05) is 18.6 Å². The number of pyridine rings is 1. The number of carbonyl (C=O) groups is 2. The molecule has 3 N–H and O–H groups in total. The van der Waals surface area contributed by atoms with E-state index in [2.05, 4.69) is 37.3 Å². The Bertz CT molecular complexity index is 1320. The number of likely N-dealkylation sites (N-methyl/N-ethyl adjacent to an activating group) is 1. The Balaban J connectivity index is 1.45. The molecule has 1 atom stereocenters. The highest BCUT2D eigenvalue weighted by Gasteiger charge is 2.32. The van der Waals surface area contributed by atoms with Gasteiger partial charge in [0.05, 0.1) is 0 Å². The van der Waals surface area contributed by atoms with Gasteiger partial charge in [-0.2, -0.15) is 0 Å². The highest BCUT2D eigenvalue weighted by Crippen LogP contribution is 2.28. The van der Waals surface area contributed by atoms with Gasteiger partial charge < -0.3 is 15.2 Å². The number of fused-ring (bicyclic) bond motifs is 1. The third-order valence-corrected chi connectivity index (χ3v) is 5.01. The normalized spacial score (nSPS) is 15.4.